The average Bonchev–Trinajstić information content (AvgIpc) is 2.91. The molecule has 1 heterocycles. The molecule has 1 fully saturated rings. The predicted octanol–water partition coefficient (Wildman–Crippen LogP) is 0.602. The number of anilines is 1. The monoisotopic (exact) mass is 179 g/mol. The van der Waals surface area contributed by atoms with Crippen molar-refractivity contribution in [2.75, 3.05) is 11.9 Å². The maximum absolute atomic E-state index is 11.2. The quantitative estimate of drug-likeness (QED) is 0.739. The molecule has 0 amide bonds. The lowest BCUT2D eigenvalue weighted by Gasteiger charge is -2.04. The zero-order chi connectivity index (χ0) is 9.26. The first kappa shape index (κ1) is 8.29. The molecule has 1 aromatic rings. The van der Waals surface area contributed by atoms with E-state index in [2.05, 4.69) is 10.4 Å². The van der Waals surface area contributed by atoms with Crippen LogP contribution >= 0.6 is 0 Å². The first-order valence-corrected chi connectivity index (χ1v) is 4.53. The van der Waals surface area contributed by atoms with E-state index in [1.165, 1.54) is 17.5 Å². The van der Waals surface area contributed by atoms with Crippen LogP contribution < -0.4 is 10.9 Å². The van der Waals surface area contributed by atoms with Crippen molar-refractivity contribution < 1.29 is 0 Å². The normalized spacial score (nSPS) is 15.8. The molecule has 1 N–H and O–H groups in total. The standard InChI is InChI=1S/C9H13N3O/c1-12-9(13)4-8(6-11-12)10-5-7-2-3-7/h4,6-7,10H,2-3,5H2,1H3. The van der Waals surface area contributed by atoms with E-state index in [4.69, 9.17) is 0 Å². The van der Waals surface area contributed by atoms with E-state index in [1.807, 2.05) is 0 Å². The van der Waals surface area contributed by atoms with Crippen LogP contribution in [0.1, 0.15) is 12.8 Å². The molecule has 0 unspecified atom stereocenters. The Morgan fingerprint density at radius 1 is 1.69 bits per heavy atom. The molecular formula is C9H13N3O. The molecule has 4 nitrogen and oxygen atoms in total. The van der Waals surface area contributed by atoms with Crippen LogP contribution in [0.2, 0.25) is 0 Å². The first-order chi connectivity index (χ1) is 6.25. The van der Waals surface area contributed by atoms with Crippen molar-refractivity contribution >= 4 is 5.69 Å². The Bertz CT molecular complexity index is 354. The molecule has 4 heteroatoms. The second-order valence-corrected chi connectivity index (χ2v) is 3.53. The third kappa shape index (κ3) is 2.08. The second kappa shape index (κ2) is 3.20. The summed E-state index contributed by atoms with van der Waals surface area (Å²) in [6.45, 7) is 0.967. The Morgan fingerprint density at radius 2 is 2.46 bits per heavy atom. The van der Waals surface area contributed by atoms with Gasteiger partial charge in [0, 0.05) is 19.7 Å². The number of rotatable bonds is 3. The Balaban J connectivity index is 2.03. The van der Waals surface area contributed by atoms with E-state index >= 15 is 0 Å². The Hall–Kier alpha value is -1.32. The highest BCUT2D eigenvalue weighted by Gasteiger charge is 2.20. The highest BCUT2D eigenvalue weighted by Crippen LogP contribution is 2.28. The van der Waals surface area contributed by atoms with Gasteiger partial charge in [0.05, 0.1) is 11.9 Å². The van der Waals surface area contributed by atoms with Crippen LogP contribution in [0.5, 0.6) is 0 Å². The molecule has 0 saturated heterocycles. The SMILES string of the molecule is Cn1ncc(NCC2CC2)cc1=O. The fourth-order valence-corrected chi connectivity index (χ4v) is 1.15. The van der Waals surface area contributed by atoms with E-state index < -0.39 is 0 Å². The number of aromatic nitrogens is 2. The predicted molar refractivity (Wildman–Crippen MR) is 50.7 cm³/mol. The minimum Gasteiger partial charge on any atom is -0.383 e. The van der Waals surface area contributed by atoms with E-state index in [1.54, 1.807) is 19.3 Å². The maximum atomic E-state index is 11.2. The van der Waals surface area contributed by atoms with Crippen molar-refractivity contribution in [3.05, 3.63) is 22.6 Å². The van der Waals surface area contributed by atoms with Crippen molar-refractivity contribution in [1.29, 1.82) is 0 Å². The van der Waals surface area contributed by atoms with Crippen molar-refractivity contribution in [2.45, 2.75) is 12.8 Å². The Kier molecular flexibility index (Phi) is 2.04. The lowest BCUT2D eigenvalue weighted by Crippen LogP contribution is -2.19. The maximum Gasteiger partial charge on any atom is 0.268 e. The number of nitrogens with zero attached hydrogens (tertiary/aromatic N) is 2. The number of aryl methyl sites for hydroxylation is 1. The topological polar surface area (TPSA) is 46.9 Å². The minimum atomic E-state index is -0.0687. The van der Waals surface area contributed by atoms with Crippen LogP contribution in [0.4, 0.5) is 5.69 Å². The molecule has 0 bridgehead atoms. The van der Waals surface area contributed by atoms with Crippen LogP contribution in [-0.4, -0.2) is 16.3 Å². The highest BCUT2D eigenvalue weighted by atomic mass is 16.1. The van der Waals surface area contributed by atoms with Gasteiger partial charge in [-0.05, 0) is 18.8 Å². The molecule has 1 aliphatic carbocycles. The van der Waals surface area contributed by atoms with Crippen molar-refractivity contribution in [1.82, 2.24) is 9.78 Å². The lowest BCUT2D eigenvalue weighted by atomic mass is 10.4. The van der Waals surface area contributed by atoms with E-state index in [-0.39, 0.29) is 5.56 Å². The zero-order valence-corrected chi connectivity index (χ0v) is 7.66. The molecule has 13 heavy (non-hydrogen) atoms. The smallest absolute Gasteiger partial charge is 0.268 e. The summed E-state index contributed by atoms with van der Waals surface area (Å²) >= 11 is 0. The summed E-state index contributed by atoms with van der Waals surface area (Å²) < 4.78 is 1.32. The van der Waals surface area contributed by atoms with E-state index in [0.717, 1.165) is 18.2 Å². The van der Waals surface area contributed by atoms with Gasteiger partial charge in [0.2, 0.25) is 0 Å². The first-order valence-electron chi connectivity index (χ1n) is 4.53. The van der Waals surface area contributed by atoms with Gasteiger partial charge in [-0.15, -0.1) is 0 Å². The van der Waals surface area contributed by atoms with Gasteiger partial charge in [-0.2, -0.15) is 5.10 Å². The molecule has 70 valence electrons. The molecule has 1 aliphatic rings. The molecule has 0 atom stereocenters. The molecule has 2 rings (SSSR count). The largest absolute Gasteiger partial charge is 0.383 e. The van der Waals surface area contributed by atoms with Gasteiger partial charge >= 0.3 is 0 Å². The van der Waals surface area contributed by atoms with Crippen molar-refractivity contribution in [2.24, 2.45) is 13.0 Å². The fraction of sp³-hybridized carbons (Fsp3) is 0.556. The van der Waals surface area contributed by atoms with Crippen LogP contribution in [0.25, 0.3) is 0 Å². The van der Waals surface area contributed by atoms with Gasteiger partial charge in [-0.1, -0.05) is 0 Å². The minimum absolute atomic E-state index is 0.0687. The molecule has 1 aromatic heterocycles. The van der Waals surface area contributed by atoms with Gasteiger partial charge in [-0.3, -0.25) is 4.79 Å². The second-order valence-electron chi connectivity index (χ2n) is 3.53. The van der Waals surface area contributed by atoms with Gasteiger partial charge in [0.1, 0.15) is 0 Å². The summed E-state index contributed by atoms with van der Waals surface area (Å²) in [5, 5.41) is 7.12. The van der Waals surface area contributed by atoms with Crippen LogP contribution in [-0.2, 0) is 7.05 Å². The average molecular weight is 179 g/mol. The molecule has 1 saturated carbocycles. The Morgan fingerprint density at radius 3 is 3.08 bits per heavy atom. The van der Waals surface area contributed by atoms with E-state index in [0.29, 0.717) is 0 Å². The van der Waals surface area contributed by atoms with Gasteiger partial charge < -0.3 is 5.32 Å². The zero-order valence-electron chi connectivity index (χ0n) is 7.66. The third-order valence-electron chi connectivity index (χ3n) is 2.26. The summed E-state index contributed by atoms with van der Waals surface area (Å²) in [6, 6.07) is 1.58. The van der Waals surface area contributed by atoms with Crippen LogP contribution in [0.15, 0.2) is 17.1 Å². The molecule has 0 spiro atoms. The summed E-state index contributed by atoms with van der Waals surface area (Å²) in [6.07, 6.45) is 4.31. The summed E-state index contributed by atoms with van der Waals surface area (Å²) in [7, 11) is 1.65. The number of hydrogen-bond donors (Lipinski definition) is 1. The summed E-state index contributed by atoms with van der Waals surface area (Å²) in [4.78, 5) is 11.2. The van der Waals surface area contributed by atoms with E-state index in [9.17, 15) is 4.79 Å². The van der Waals surface area contributed by atoms with Crippen molar-refractivity contribution in [3.63, 3.8) is 0 Å². The van der Waals surface area contributed by atoms with Crippen LogP contribution in [0, 0.1) is 5.92 Å². The van der Waals surface area contributed by atoms with Crippen molar-refractivity contribution in [3.8, 4) is 0 Å². The van der Waals surface area contributed by atoms with Gasteiger partial charge in [0.15, 0.2) is 0 Å². The lowest BCUT2D eigenvalue weighted by molar-refractivity contribution is 0.707. The van der Waals surface area contributed by atoms with Gasteiger partial charge in [-0.25, -0.2) is 4.68 Å². The third-order valence-corrected chi connectivity index (χ3v) is 2.26. The van der Waals surface area contributed by atoms with Gasteiger partial charge in [0.25, 0.3) is 5.56 Å². The summed E-state index contributed by atoms with van der Waals surface area (Å²) in [5.41, 5.74) is 0.760. The van der Waals surface area contributed by atoms with Crippen LogP contribution in [0.3, 0.4) is 0 Å². The molecule has 0 aliphatic heterocycles. The molecular weight excluding hydrogens is 166 g/mol. The highest BCUT2D eigenvalue weighted by molar-refractivity contribution is 5.38. The fourth-order valence-electron chi connectivity index (χ4n) is 1.15. The number of nitrogens with one attached hydrogen (secondary N) is 1. The Labute approximate surface area is 76.6 Å². The number of hydrogen-bond acceptors (Lipinski definition) is 3. The summed E-state index contributed by atoms with van der Waals surface area (Å²) in [5.74, 6) is 0.809. The molecule has 0 aromatic carbocycles. The molecule has 0 radical (unpaired) electrons.